The molecule has 0 amide bonds. The molecule has 0 saturated carbocycles. The van der Waals surface area contributed by atoms with Crippen molar-refractivity contribution >= 4 is 0 Å². The van der Waals surface area contributed by atoms with E-state index >= 15 is 0 Å². The predicted octanol–water partition coefficient (Wildman–Crippen LogP) is 4.06. The van der Waals surface area contributed by atoms with Crippen LogP contribution in [0, 0.1) is 18.6 Å². The average Bonchev–Trinajstić information content (AvgIpc) is 2.26. The minimum absolute atomic E-state index is 0.0873. The van der Waals surface area contributed by atoms with Crippen molar-refractivity contribution in [2.24, 2.45) is 0 Å². The molecule has 0 unspecified atom stereocenters. The van der Waals surface area contributed by atoms with E-state index in [1.54, 1.807) is 0 Å². The quantitative estimate of drug-likeness (QED) is 0.825. The van der Waals surface area contributed by atoms with Gasteiger partial charge in [0.15, 0.2) is 11.6 Å². The van der Waals surface area contributed by atoms with Crippen molar-refractivity contribution in [3.63, 3.8) is 0 Å². The maximum atomic E-state index is 13.9. The van der Waals surface area contributed by atoms with E-state index in [1.165, 1.54) is 19.1 Å². The Labute approximate surface area is 101 Å². The van der Waals surface area contributed by atoms with Crippen LogP contribution in [-0.2, 0) is 5.60 Å². The summed E-state index contributed by atoms with van der Waals surface area (Å²) in [6.45, 7) is 5.35. The van der Waals surface area contributed by atoms with Crippen LogP contribution in [0.1, 0.15) is 50.7 Å². The highest BCUT2D eigenvalue weighted by molar-refractivity contribution is 5.30. The van der Waals surface area contributed by atoms with Crippen molar-refractivity contribution < 1.29 is 13.9 Å². The Morgan fingerprint density at radius 1 is 1.06 bits per heavy atom. The van der Waals surface area contributed by atoms with E-state index in [9.17, 15) is 13.9 Å². The minimum Gasteiger partial charge on any atom is -0.385 e. The van der Waals surface area contributed by atoms with Gasteiger partial charge < -0.3 is 5.11 Å². The summed E-state index contributed by atoms with van der Waals surface area (Å²) in [5.41, 5.74) is -0.895. The first-order valence-electron chi connectivity index (χ1n) is 6.13. The van der Waals surface area contributed by atoms with E-state index in [0.717, 1.165) is 12.8 Å². The van der Waals surface area contributed by atoms with Gasteiger partial charge in [-0.15, -0.1) is 0 Å². The molecule has 1 aromatic carbocycles. The van der Waals surface area contributed by atoms with Crippen LogP contribution < -0.4 is 0 Å². The summed E-state index contributed by atoms with van der Waals surface area (Å²) >= 11 is 0. The zero-order chi connectivity index (χ0) is 13.1. The zero-order valence-corrected chi connectivity index (χ0v) is 10.7. The molecule has 1 aromatic rings. The Balaban J connectivity index is 3.24. The van der Waals surface area contributed by atoms with Crippen LogP contribution in [0.5, 0.6) is 0 Å². The van der Waals surface area contributed by atoms with Crippen molar-refractivity contribution in [1.82, 2.24) is 0 Å². The topological polar surface area (TPSA) is 20.2 Å². The highest BCUT2D eigenvalue weighted by Crippen LogP contribution is 2.34. The standard InChI is InChI=1S/C14H20F2O/c1-4-8-14(17,9-5-2)11-7-6-10(3)12(15)13(11)16/h6-7,17H,4-5,8-9H2,1-3H3. The first-order chi connectivity index (χ1) is 7.96. The van der Waals surface area contributed by atoms with Crippen molar-refractivity contribution in [1.29, 1.82) is 0 Å². The normalized spacial score (nSPS) is 11.9. The lowest BCUT2D eigenvalue weighted by Crippen LogP contribution is -2.27. The van der Waals surface area contributed by atoms with Crippen LogP contribution in [0.25, 0.3) is 0 Å². The van der Waals surface area contributed by atoms with Gasteiger partial charge in [-0.05, 0) is 25.3 Å². The second-order valence-electron chi connectivity index (χ2n) is 4.59. The fourth-order valence-corrected chi connectivity index (χ4v) is 2.23. The van der Waals surface area contributed by atoms with E-state index in [1.807, 2.05) is 13.8 Å². The molecule has 0 spiro atoms. The summed E-state index contributed by atoms with van der Waals surface area (Å²) in [6, 6.07) is 3.02. The van der Waals surface area contributed by atoms with Gasteiger partial charge in [0.2, 0.25) is 0 Å². The molecule has 0 aliphatic heterocycles. The summed E-state index contributed by atoms with van der Waals surface area (Å²) < 4.78 is 27.4. The summed E-state index contributed by atoms with van der Waals surface area (Å²) in [5.74, 6) is -1.76. The minimum atomic E-state index is -1.25. The molecule has 0 saturated heterocycles. The number of rotatable bonds is 5. The van der Waals surface area contributed by atoms with Gasteiger partial charge >= 0.3 is 0 Å². The van der Waals surface area contributed by atoms with Gasteiger partial charge in [0.05, 0.1) is 5.60 Å². The van der Waals surface area contributed by atoms with Gasteiger partial charge in [0.1, 0.15) is 0 Å². The summed E-state index contributed by atoms with van der Waals surface area (Å²) in [5, 5.41) is 10.5. The predicted molar refractivity (Wildman–Crippen MR) is 64.8 cm³/mol. The van der Waals surface area contributed by atoms with Crippen LogP contribution in [0.15, 0.2) is 12.1 Å². The largest absolute Gasteiger partial charge is 0.385 e. The Hall–Kier alpha value is -0.960. The molecule has 1 N–H and O–H groups in total. The van der Waals surface area contributed by atoms with Gasteiger partial charge in [0, 0.05) is 5.56 Å². The van der Waals surface area contributed by atoms with E-state index in [-0.39, 0.29) is 11.1 Å². The summed E-state index contributed by atoms with van der Waals surface area (Å²) in [4.78, 5) is 0. The zero-order valence-electron chi connectivity index (χ0n) is 10.7. The lowest BCUT2D eigenvalue weighted by Gasteiger charge is -2.28. The molecule has 0 fully saturated rings. The van der Waals surface area contributed by atoms with E-state index < -0.39 is 17.2 Å². The van der Waals surface area contributed by atoms with Crippen molar-refractivity contribution in [3.05, 3.63) is 34.9 Å². The number of aryl methyl sites for hydroxylation is 1. The van der Waals surface area contributed by atoms with Gasteiger partial charge in [0.25, 0.3) is 0 Å². The maximum absolute atomic E-state index is 13.9. The monoisotopic (exact) mass is 242 g/mol. The van der Waals surface area contributed by atoms with E-state index in [0.29, 0.717) is 12.8 Å². The van der Waals surface area contributed by atoms with Crippen LogP contribution in [0.2, 0.25) is 0 Å². The molecule has 1 rings (SSSR count). The molecule has 0 aromatic heterocycles. The fourth-order valence-electron chi connectivity index (χ4n) is 2.23. The first-order valence-corrected chi connectivity index (χ1v) is 6.13. The Morgan fingerprint density at radius 3 is 2.06 bits per heavy atom. The lowest BCUT2D eigenvalue weighted by molar-refractivity contribution is 0.0130. The Morgan fingerprint density at radius 2 is 1.59 bits per heavy atom. The molecule has 0 atom stereocenters. The molecule has 96 valence electrons. The van der Waals surface area contributed by atoms with Crippen LogP contribution in [0.4, 0.5) is 8.78 Å². The molecule has 0 heterocycles. The molecular formula is C14H20F2O. The Bertz CT molecular complexity index is 382. The smallest absolute Gasteiger partial charge is 0.165 e. The maximum Gasteiger partial charge on any atom is 0.165 e. The number of hydrogen-bond acceptors (Lipinski definition) is 1. The van der Waals surface area contributed by atoms with E-state index in [4.69, 9.17) is 0 Å². The lowest BCUT2D eigenvalue weighted by atomic mass is 9.84. The third-order valence-electron chi connectivity index (χ3n) is 3.10. The number of aliphatic hydroxyl groups is 1. The van der Waals surface area contributed by atoms with Crippen LogP contribution in [0.3, 0.4) is 0 Å². The van der Waals surface area contributed by atoms with Gasteiger partial charge in [-0.1, -0.05) is 38.8 Å². The van der Waals surface area contributed by atoms with Gasteiger partial charge in [-0.25, -0.2) is 8.78 Å². The third kappa shape index (κ3) is 2.83. The van der Waals surface area contributed by atoms with Crippen LogP contribution >= 0.6 is 0 Å². The number of halogens is 2. The second kappa shape index (κ2) is 5.58. The molecule has 0 aliphatic rings. The molecule has 0 radical (unpaired) electrons. The molecule has 3 heteroatoms. The van der Waals surface area contributed by atoms with E-state index in [2.05, 4.69) is 0 Å². The van der Waals surface area contributed by atoms with Gasteiger partial charge in [-0.3, -0.25) is 0 Å². The molecule has 1 nitrogen and oxygen atoms in total. The number of benzene rings is 1. The first kappa shape index (κ1) is 14.1. The molecular weight excluding hydrogens is 222 g/mol. The SMILES string of the molecule is CCCC(O)(CCC)c1ccc(C)c(F)c1F. The average molecular weight is 242 g/mol. The highest BCUT2D eigenvalue weighted by atomic mass is 19.2. The molecule has 0 aliphatic carbocycles. The van der Waals surface area contributed by atoms with Crippen molar-refractivity contribution in [2.75, 3.05) is 0 Å². The highest BCUT2D eigenvalue weighted by Gasteiger charge is 2.31. The fraction of sp³-hybridized carbons (Fsp3) is 0.571. The third-order valence-corrected chi connectivity index (χ3v) is 3.10. The number of hydrogen-bond donors (Lipinski definition) is 1. The van der Waals surface area contributed by atoms with Crippen molar-refractivity contribution in [2.45, 2.75) is 52.1 Å². The Kier molecular flexibility index (Phi) is 4.63. The summed E-state index contributed by atoms with van der Waals surface area (Å²) in [6.07, 6.45) is 2.34. The van der Waals surface area contributed by atoms with Crippen molar-refractivity contribution in [3.8, 4) is 0 Å². The molecule has 0 bridgehead atoms. The van der Waals surface area contributed by atoms with Crippen LogP contribution in [-0.4, -0.2) is 5.11 Å². The second-order valence-corrected chi connectivity index (χ2v) is 4.59. The summed E-state index contributed by atoms with van der Waals surface area (Å²) in [7, 11) is 0. The van der Waals surface area contributed by atoms with Gasteiger partial charge in [-0.2, -0.15) is 0 Å². The molecule has 17 heavy (non-hydrogen) atoms.